The van der Waals surface area contributed by atoms with Crippen LogP contribution in [0.2, 0.25) is 0 Å². The van der Waals surface area contributed by atoms with Gasteiger partial charge in [-0.1, -0.05) is 13.3 Å². The predicted molar refractivity (Wildman–Crippen MR) is 83.3 cm³/mol. The number of nitrogens with zero attached hydrogens (tertiary/aromatic N) is 1. The highest BCUT2D eigenvalue weighted by Gasteiger charge is 2.06. The van der Waals surface area contributed by atoms with Crippen LogP contribution in [0.25, 0.3) is 0 Å². The van der Waals surface area contributed by atoms with Crippen LogP contribution in [0.3, 0.4) is 0 Å². The maximum absolute atomic E-state index is 11.8. The number of hydrogen-bond donors (Lipinski definition) is 1. The van der Waals surface area contributed by atoms with Gasteiger partial charge in [0.2, 0.25) is 0 Å². The standard InChI is InChI=1S/C16H26N2O2/c1-4-5-11-17-15-9-7-14(8-10-15)16(19)20-13-6-12-18(2)3/h7-10,17H,4-6,11-13H2,1-3H3. The highest BCUT2D eigenvalue weighted by atomic mass is 16.5. The maximum Gasteiger partial charge on any atom is 0.338 e. The van der Waals surface area contributed by atoms with Crippen LogP contribution < -0.4 is 5.32 Å². The topological polar surface area (TPSA) is 41.6 Å². The number of rotatable bonds is 9. The van der Waals surface area contributed by atoms with Gasteiger partial charge >= 0.3 is 5.97 Å². The molecule has 0 amide bonds. The third kappa shape index (κ3) is 6.57. The predicted octanol–water partition coefficient (Wildman–Crippen LogP) is 3.01. The Morgan fingerprint density at radius 1 is 1.20 bits per heavy atom. The van der Waals surface area contributed by atoms with Gasteiger partial charge in [-0.3, -0.25) is 0 Å². The summed E-state index contributed by atoms with van der Waals surface area (Å²) in [7, 11) is 4.01. The van der Waals surface area contributed by atoms with Crippen LogP contribution in [-0.4, -0.2) is 44.7 Å². The van der Waals surface area contributed by atoms with Crippen molar-refractivity contribution in [2.45, 2.75) is 26.2 Å². The zero-order valence-electron chi connectivity index (χ0n) is 12.8. The van der Waals surface area contributed by atoms with E-state index >= 15 is 0 Å². The van der Waals surface area contributed by atoms with E-state index in [1.807, 2.05) is 38.4 Å². The van der Waals surface area contributed by atoms with E-state index in [0.29, 0.717) is 12.2 Å². The van der Waals surface area contributed by atoms with Gasteiger partial charge in [0.25, 0.3) is 0 Å². The van der Waals surface area contributed by atoms with Crippen molar-refractivity contribution in [1.29, 1.82) is 0 Å². The molecule has 1 aromatic rings. The van der Waals surface area contributed by atoms with Crippen molar-refractivity contribution >= 4 is 11.7 Å². The molecule has 1 rings (SSSR count). The first-order valence-electron chi connectivity index (χ1n) is 7.29. The third-order valence-electron chi connectivity index (χ3n) is 2.96. The Morgan fingerprint density at radius 2 is 1.90 bits per heavy atom. The quantitative estimate of drug-likeness (QED) is 0.557. The van der Waals surface area contributed by atoms with Crippen molar-refractivity contribution in [1.82, 2.24) is 4.90 Å². The van der Waals surface area contributed by atoms with Crippen molar-refractivity contribution < 1.29 is 9.53 Å². The zero-order chi connectivity index (χ0) is 14.8. The molecule has 20 heavy (non-hydrogen) atoms. The van der Waals surface area contributed by atoms with E-state index in [-0.39, 0.29) is 5.97 Å². The molecule has 0 aliphatic carbocycles. The van der Waals surface area contributed by atoms with Crippen molar-refractivity contribution in [2.75, 3.05) is 39.1 Å². The lowest BCUT2D eigenvalue weighted by molar-refractivity contribution is 0.0493. The lowest BCUT2D eigenvalue weighted by Crippen LogP contribution is -2.16. The van der Waals surface area contributed by atoms with Gasteiger partial charge in [0.15, 0.2) is 0 Å². The van der Waals surface area contributed by atoms with E-state index < -0.39 is 0 Å². The van der Waals surface area contributed by atoms with Gasteiger partial charge in [0.1, 0.15) is 0 Å². The van der Waals surface area contributed by atoms with Crippen LogP contribution in [0, 0.1) is 0 Å². The largest absolute Gasteiger partial charge is 0.462 e. The van der Waals surface area contributed by atoms with E-state index in [1.165, 1.54) is 6.42 Å². The Labute approximate surface area is 122 Å². The van der Waals surface area contributed by atoms with Crippen LogP contribution in [0.5, 0.6) is 0 Å². The maximum atomic E-state index is 11.8. The van der Waals surface area contributed by atoms with Crippen LogP contribution in [-0.2, 0) is 4.74 Å². The average molecular weight is 278 g/mol. The molecule has 0 saturated carbocycles. The van der Waals surface area contributed by atoms with Crippen LogP contribution in [0.15, 0.2) is 24.3 Å². The second kappa shape index (κ2) is 9.37. The molecule has 0 bridgehead atoms. The second-order valence-electron chi connectivity index (χ2n) is 5.15. The first kappa shape index (κ1) is 16.5. The van der Waals surface area contributed by atoms with E-state index in [1.54, 1.807) is 0 Å². The van der Waals surface area contributed by atoms with Gasteiger partial charge in [-0.05, 0) is 51.2 Å². The number of hydrogen-bond acceptors (Lipinski definition) is 4. The average Bonchev–Trinajstić information content (AvgIpc) is 2.44. The van der Waals surface area contributed by atoms with E-state index in [0.717, 1.165) is 31.6 Å². The molecular weight excluding hydrogens is 252 g/mol. The molecule has 1 N–H and O–H groups in total. The molecule has 4 heteroatoms. The molecule has 0 saturated heterocycles. The molecule has 0 heterocycles. The smallest absolute Gasteiger partial charge is 0.338 e. The van der Waals surface area contributed by atoms with Crippen LogP contribution in [0.4, 0.5) is 5.69 Å². The first-order valence-corrected chi connectivity index (χ1v) is 7.29. The van der Waals surface area contributed by atoms with E-state index in [9.17, 15) is 4.79 Å². The number of unbranched alkanes of at least 4 members (excludes halogenated alkanes) is 1. The number of benzene rings is 1. The van der Waals surface area contributed by atoms with Crippen molar-refractivity contribution in [3.63, 3.8) is 0 Å². The van der Waals surface area contributed by atoms with Crippen molar-refractivity contribution in [3.8, 4) is 0 Å². The van der Waals surface area contributed by atoms with Crippen molar-refractivity contribution in [3.05, 3.63) is 29.8 Å². The normalized spacial score (nSPS) is 10.6. The molecule has 0 atom stereocenters. The van der Waals surface area contributed by atoms with Gasteiger partial charge in [0, 0.05) is 18.8 Å². The number of esters is 1. The Kier molecular flexibility index (Phi) is 7.73. The Morgan fingerprint density at radius 3 is 2.50 bits per heavy atom. The summed E-state index contributed by atoms with van der Waals surface area (Å²) in [5, 5.41) is 3.32. The number of carbonyl (C=O) groups excluding carboxylic acids is 1. The summed E-state index contributed by atoms with van der Waals surface area (Å²) in [6.45, 7) is 4.52. The molecular formula is C16H26N2O2. The lowest BCUT2D eigenvalue weighted by Gasteiger charge is -2.10. The van der Waals surface area contributed by atoms with Gasteiger partial charge in [-0.25, -0.2) is 4.79 Å². The molecule has 1 aromatic carbocycles. The van der Waals surface area contributed by atoms with E-state index in [2.05, 4.69) is 17.1 Å². The fourth-order valence-corrected chi connectivity index (χ4v) is 1.76. The van der Waals surface area contributed by atoms with Gasteiger partial charge in [0.05, 0.1) is 12.2 Å². The molecule has 112 valence electrons. The van der Waals surface area contributed by atoms with Gasteiger partial charge in [-0.2, -0.15) is 0 Å². The molecule has 0 fully saturated rings. The van der Waals surface area contributed by atoms with Crippen molar-refractivity contribution in [2.24, 2.45) is 0 Å². The van der Waals surface area contributed by atoms with Gasteiger partial charge in [-0.15, -0.1) is 0 Å². The van der Waals surface area contributed by atoms with Gasteiger partial charge < -0.3 is 15.0 Å². The number of nitrogens with one attached hydrogen (secondary N) is 1. The molecule has 0 radical (unpaired) electrons. The molecule has 0 aromatic heterocycles. The molecule has 0 aliphatic rings. The summed E-state index contributed by atoms with van der Waals surface area (Å²) in [6, 6.07) is 7.46. The van der Waals surface area contributed by atoms with E-state index in [4.69, 9.17) is 4.74 Å². The number of carbonyl (C=O) groups is 1. The highest BCUT2D eigenvalue weighted by Crippen LogP contribution is 2.11. The third-order valence-corrected chi connectivity index (χ3v) is 2.96. The molecule has 4 nitrogen and oxygen atoms in total. The fourth-order valence-electron chi connectivity index (χ4n) is 1.76. The minimum absolute atomic E-state index is 0.246. The van der Waals surface area contributed by atoms with Crippen LogP contribution in [0.1, 0.15) is 36.5 Å². The summed E-state index contributed by atoms with van der Waals surface area (Å²) in [5.41, 5.74) is 1.65. The Hall–Kier alpha value is -1.55. The summed E-state index contributed by atoms with van der Waals surface area (Å²) in [5.74, 6) is -0.246. The SMILES string of the molecule is CCCCNc1ccc(C(=O)OCCCN(C)C)cc1. The summed E-state index contributed by atoms with van der Waals surface area (Å²) >= 11 is 0. The minimum atomic E-state index is -0.246. The number of anilines is 1. The number of ether oxygens (including phenoxy) is 1. The summed E-state index contributed by atoms with van der Waals surface area (Å²) < 4.78 is 5.23. The minimum Gasteiger partial charge on any atom is -0.462 e. The second-order valence-corrected chi connectivity index (χ2v) is 5.15. The Balaban J connectivity index is 2.33. The van der Waals surface area contributed by atoms with Crippen LogP contribution >= 0.6 is 0 Å². The lowest BCUT2D eigenvalue weighted by atomic mass is 10.2. The Bertz CT molecular complexity index is 388. The summed E-state index contributed by atoms with van der Waals surface area (Å²) in [4.78, 5) is 13.9. The monoisotopic (exact) mass is 278 g/mol. The highest BCUT2D eigenvalue weighted by molar-refractivity contribution is 5.89. The first-order chi connectivity index (χ1) is 9.63. The molecule has 0 spiro atoms. The molecule has 0 aliphatic heterocycles. The zero-order valence-corrected chi connectivity index (χ0v) is 12.8. The fraction of sp³-hybridized carbons (Fsp3) is 0.562. The molecule has 0 unspecified atom stereocenters. The summed E-state index contributed by atoms with van der Waals surface area (Å²) in [6.07, 6.45) is 3.18.